The van der Waals surface area contributed by atoms with Gasteiger partial charge in [-0.05, 0) is 37.6 Å². The fourth-order valence-corrected chi connectivity index (χ4v) is 2.35. The number of hydrogen-bond donors (Lipinski definition) is 1. The number of hydrazine groups is 1. The van der Waals surface area contributed by atoms with Crippen molar-refractivity contribution in [2.75, 3.05) is 12.1 Å². The van der Waals surface area contributed by atoms with Gasteiger partial charge >= 0.3 is 6.18 Å². The first-order valence-electron chi connectivity index (χ1n) is 7.07. The number of rotatable bonds is 4. The van der Waals surface area contributed by atoms with E-state index in [2.05, 4.69) is 0 Å². The predicted octanol–water partition coefficient (Wildman–Crippen LogP) is 4.21. The number of halogens is 3. The molecule has 0 aliphatic carbocycles. The highest BCUT2D eigenvalue weighted by Gasteiger charge is 2.34. The maximum atomic E-state index is 13.1. The van der Waals surface area contributed by atoms with Crippen molar-refractivity contribution in [3.05, 3.63) is 58.7 Å². The number of anilines is 1. The zero-order valence-corrected chi connectivity index (χ0v) is 13.2. The summed E-state index contributed by atoms with van der Waals surface area (Å²) in [5.74, 6) is 5.59. The van der Waals surface area contributed by atoms with Crippen LogP contribution >= 0.6 is 0 Å². The summed E-state index contributed by atoms with van der Waals surface area (Å²) in [4.78, 5) is 0. The van der Waals surface area contributed by atoms with Gasteiger partial charge in [-0.1, -0.05) is 23.8 Å². The Bertz CT molecular complexity index is 697. The molecule has 2 aromatic carbocycles. The van der Waals surface area contributed by atoms with E-state index in [0.29, 0.717) is 11.3 Å². The van der Waals surface area contributed by atoms with Gasteiger partial charge in [0.05, 0.1) is 11.3 Å². The van der Waals surface area contributed by atoms with Gasteiger partial charge in [0.1, 0.15) is 12.4 Å². The highest BCUT2D eigenvalue weighted by Crippen LogP contribution is 2.37. The van der Waals surface area contributed by atoms with Gasteiger partial charge in [-0.25, -0.2) is 5.84 Å². The molecule has 0 saturated heterocycles. The zero-order valence-electron chi connectivity index (χ0n) is 13.2. The Hall–Kier alpha value is -2.21. The maximum Gasteiger partial charge on any atom is 0.419 e. The molecule has 124 valence electrons. The van der Waals surface area contributed by atoms with Crippen LogP contribution in [0.15, 0.2) is 36.4 Å². The molecule has 0 heterocycles. The van der Waals surface area contributed by atoms with Crippen LogP contribution in [-0.2, 0) is 12.8 Å². The molecule has 3 nitrogen and oxygen atoms in total. The smallest absolute Gasteiger partial charge is 0.419 e. The van der Waals surface area contributed by atoms with Crippen LogP contribution in [0, 0.1) is 13.8 Å². The lowest BCUT2D eigenvalue weighted by atomic mass is 10.1. The lowest BCUT2D eigenvalue weighted by Crippen LogP contribution is -2.26. The fraction of sp³-hybridized carbons (Fsp3) is 0.294. The average Bonchev–Trinajstić information content (AvgIpc) is 2.45. The highest BCUT2D eigenvalue weighted by molar-refractivity contribution is 5.55. The lowest BCUT2D eigenvalue weighted by molar-refractivity contribution is -0.139. The van der Waals surface area contributed by atoms with Gasteiger partial charge in [-0.15, -0.1) is 0 Å². The van der Waals surface area contributed by atoms with Crippen molar-refractivity contribution in [3.63, 3.8) is 0 Å². The van der Waals surface area contributed by atoms with Crippen LogP contribution in [0.4, 0.5) is 18.9 Å². The van der Waals surface area contributed by atoms with Crippen LogP contribution in [0.2, 0.25) is 0 Å². The quantitative estimate of drug-likeness (QED) is 0.676. The minimum absolute atomic E-state index is 0.00961. The number of nitrogens with zero attached hydrogens (tertiary/aromatic N) is 1. The van der Waals surface area contributed by atoms with Gasteiger partial charge in [-0.3, -0.25) is 0 Å². The standard InChI is InChI=1S/C17H19F3N2O/c1-11-7-8-16(14(9-11)17(18,19)20)23-10-13-12(2)5-4-6-15(13)22(3)21/h4-9H,10,21H2,1-3H3. The maximum absolute atomic E-state index is 13.1. The van der Waals surface area contributed by atoms with Crippen LogP contribution in [-0.4, -0.2) is 7.05 Å². The third kappa shape index (κ3) is 3.96. The Morgan fingerprint density at radius 2 is 1.83 bits per heavy atom. The molecule has 0 aromatic heterocycles. The predicted molar refractivity (Wildman–Crippen MR) is 84.3 cm³/mol. The van der Waals surface area contributed by atoms with Gasteiger partial charge < -0.3 is 9.75 Å². The summed E-state index contributed by atoms with van der Waals surface area (Å²) in [5.41, 5.74) is 2.13. The van der Waals surface area contributed by atoms with Crippen LogP contribution in [0.1, 0.15) is 22.3 Å². The van der Waals surface area contributed by atoms with E-state index >= 15 is 0 Å². The number of benzene rings is 2. The van der Waals surface area contributed by atoms with E-state index in [1.165, 1.54) is 11.1 Å². The summed E-state index contributed by atoms with van der Waals surface area (Å²) in [6.45, 7) is 3.49. The molecule has 0 aliphatic heterocycles. The normalized spacial score (nSPS) is 11.4. The minimum Gasteiger partial charge on any atom is -0.488 e. The molecule has 6 heteroatoms. The summed E-state index contributed by atoms with van der Waals surface area (Å²) in [7, 11) is 1.67. The summed E-state index contributed by atoms with van der Waals surface area (Å²) in [5, 5.41) is 1.42. The Labute approximate surface area is 133 Å². The summed E-state index contributed by atoms with van der Waals surface area (Å²) >= 11 is 0. The van der Waals surface area contributed by atoms with E-state index in [4.69, 9.17) is 10.6 Å². The number of alkyl halides is 3. The van der Waals surface area contributed by atoms with Crippen molar-refractivity contribution in [1.29, 1.82) is 0 Å². The fourth-order valence-electron chi connectivity index (χ4n) is 2.35. The van der Waals surface area contributed by atoms with Gasteiger partial charge in [0.2, 0.25) is 0 Å². The second-order valence-corrected chi connectivity index (χ2v) is 5.47. The first-order valence-corrected chi connectivity index (χ1v) is 7.07. The zero-order chi connectivity index (χ0) is 17.2. The van der Waals surface area contributed by atoms with Crippen LogP contribution in [0.5, 0.6) is 5.75 Å². The van der Waals surface area contributed by atoms with E-state index < -0.39 is 11.7 Å². The molecule has 0 saturated carbocycles. The van der Waals surface area contributed by atoms with E-state index in [0.717, 1.165) is 17.2 Å². The van der Waals surface area contributed by atoms with Gasteiger partial charge in [-0.2, -0.15) is 13.2 Å². The lowest BCUT2D eigenvalue weighted by Gasteiger charge is -2.20. The minimum atomic E-state index is -4.46. The first-order chi connectivity index (χ1) is 10.7. The summed E-state index contributed by atoms with van der Waals surface area (Å²) in [6, 6.07) is 9.53. The Kier molecular flexibility index (Phi) is 4.85. The molecular weight excluding hydrogens is 305 g/mol. The van der Waals surface area contributed by atoms with Crippen LogP contribution in [0.25, 0.3) is 0 Å². The number of nitrogens with two attached hydrogens (primary N) is 1. The summed E-state index contributed by atoms with van der Waals surface area (Å²) in [6.07, 6.45) is -4.46. The van der Waals surface area contributed by atoms with Crippen molar-refractivity contribution in [2.24, 2.45) is 5.84 Å². The second-order valence-electron chi connectivity index (χ2n) is 5.47. The van der Waals surface area contributed by atoms with E-state index in [1.807, 2.05) is 19.1 Å². The van der Waals surface area contributed by atoms with Crippen LogP contribution in [0.3, 0.4) is 0 Å². The van der Waals surface area contributed by atoms with Crippen molar-refractivity contribution in [3.8, 4) is 5.75 Å². The largest absolute Gasteiger partial charge is 0.488 e. The van der Waals surface area contributed by atoms with Crippen LogP contribution < -0.4 is 15.6 Å². The van der Waals surface area contributed by atoms with Crippen molar-refractivity contribution < 1.29 is 17.9 Å². The second kappa shape index (κ2) is 6.50. The van der Waals surface area contributed by atoms with Crippen molar-refractivity contribution in [2.45, 2.75) is 26.6 Å². The molecule has 0 radical (unpaired) electrons. The van der Waals surface area contributed by atoms with Gasteiger partial charge in [0.15, 0.2) is 0 Å². The number of aryl methyl sites for hydroxylation is 2. The molecule has 23 heavy (non-hydrogen) atoms. The average molecular weight is 324 g/mol. The molecule has 0 fully saturated rings. The molecule has 2 N–H and O–H groups in total. The number of hydrogen-bond acceptors (Lipinski definition) is 3. The van der Waals surface area contributed by atoms with Crippen molar-refractivity contribution >= 4 is 5.69 Å². The molecular formula is C17H19F3N2O. The molecule has 0 atom stereocenters. The molecule has 2 rings (SSSR count). The summed E-state index contributed by atoms with van der Waals surface area (Å²) < 4.78 is 44.9. The van der Waals surface area contributed by atoms with Gasteiger partial charge in [0.25, 0.3) is 0 Å². The SMILES string of the molecule is Cc1ccc(OCc2c(C)cccc2N(C)N)c(C(F)(F)F)c1. The van der Waals surface area contributed by atoms with E-state index in [-0.39, 0.29) is 12.4 Å². The van der Waals surface area contributed by atoms with E-state index in [9.17, 15) is 13.2 Å². The first kappa shape index (κ1) is 17.1. The number of ether oxygens (including phenoxy) is 1. The topological polar surface area (TPSA) is 38.5 Å². The Balaban J connectivity index is 2.33. The molecule has 0 amide bonds. The van der Waals surface area contributed by atoms with E-state index in [1.54, 1.807) is 26.1 Å². The molecule has 0 unspecified atom stereocenters. The molecule has 0 spiro atoms. The molecule has 0 bridgehead atoms. The van der Waals surface area contributed by atoms with Gasteiger partial charge in [0, 0.05) is 12.6 Å². The molecule has 0 aliphatic rings. The monoisotopic (exact) mass is 324 g/mol. The van der Waals surface area contributed by atoms with Crippen molar-refractivity contribution in [1.82, 2.24) is 0 Å². The Morgan fingerprint density at radius 3 is 2.43 bits per heavy atom. The third-order valence-corrected chi connectivity index (χ3v) is 3.58. The third-order valence-electron chi connectivity index (χ3n) is 3.58. The molecule has 2 aromatic rings. The Morgan fingerprint density at radius 1 is 1.13 bits per heavy atom. The highest BCUT2D eigenvalue weighted by atomic mass is 19.4.